The van der Waals surface area contributed by atoms with E-state index in [1.54, 1.807) is 24.3 Å². The molecule has 8 heteroatoms. The number of oxime groups is 1. The Balaban J connectivity index is 1.94. The number of anilines is 2. The molecule has 28 heavy (non-hydrogen) atoms. The lowest BCUT2D eigenvalue weighted by Gasteiger charge is -2.16. The van der Waals surface area contributed by atoms with Crippen LogP contribution in [-0.4, -0.2) is 27.5 Å². The van der Waals surface area contributed by atoms with Gasteiger partial charge >= 0.3 is 5.97 Å². The van der Waals surface area contributed by atoms with Gasteiger partial charge < -0.3 is 15.6 Å². The molecule has 0 aliphatic rings. The molecule has 3 rings (SSSR count). The monoisotopic (exact) mass is 415 g/mol. The summed E-state index contributed by atoms with van der Waals surface area (Å²) < 4.78 is 0. The molecule has 0 saturated carbocycles. The Labute approximate surface area is 171 Å². The number of nitrogens with zero attached hydrogens (tertiary/aromatic N) is 2. The van der Waals surface area contributed by atoms with Crippen molar-refractivity contribution in [1.82, 2.24) is 4.98 Å². The van der Waals surface area contributed by atoms with Crippen LogP contribution in [0.5, 0.6) is 0 Å². The maximum Gasteiger partial charge on any atom is 0.335 e. The van der Waals surface area contributed by atoms with Gasteiger partial charge in [-0.2, -0.15) is 0 Å². The highest BCUT2D eigenvalue weighted by molar-refractivity contribution is 6.33. The molecule has 0 saturated heterocycles. The van der Waals surface area contributed by atoms with Crippen LogP contribution in [0.3, 0.4) is 0 Å². The lowest BCUT2D eigenvalue weighted by Crippen LogP contribution is -2.02. The number of hydrogen-bond acceptors (Lipinski definition) is 5. The van der Waals surface area contributed by atoms with Crippen LogP contribution >= 0.6 is 23.2 Å². The second-order valence-corrected chi connectivity index (χ2v) is 6.68. The van der Waals surface area contributed by atoms with Gasteiger partial charge in [-0.25, -0.2) is 9.78 Å². The van der Waals surface area contributed by atoms with Gasteiger partial charge in [0.05, 0.1) is 27.9 Å². The van der Waals surface area contributed by atoms with Gasteiger partial charge in [-0.15, -0.1) is 11.6 Å². The van der Waals surface area contributed by atoms with E-state index in [1.165, 1.54) is 24.5 Å². The molecule has 0 aliphatic heterocycles. The lowest BCUT2D eigenvalue weighted by atomic mass is 9.99. The zero-order chi connectivity index (χ0) is 20.1. The van der Waals surface area contributed by atoms with E-state index in [9.17, 15) is 4.79 Å². The highest BCUT2D eigenvalue weighted by atomic mass is 35.5. The molecular formula is C20H15Cl2N3O3. The quantitative estimate of drug-likeness (QED) is 0.219. The molecule has 0 fully saturated rings. The first-order chi connectivity index (χ1) is 13.5. The highest BCUT2D eigenvalue weighted by Crippen LogP contribution is 2.35. The van der Waals surface area contributed by atoms with Crippen molar-refractivity contribution >= 4 is 46.9 Å². The summed E-state index contributed by atoms with van der Waals surface area (Å²) in [6, 6.07) is 15.4. The minimum absolute atomic E-state index is 0.109. The number of rotatable bonds is 6. The summed E-state index contributed by atoms with van der Waals surface area (Å²) in [7, 11) is 0. The van der Waals surface area contributed by atoms with E-state index in [2.05, 4.69) is 15.5 Å². The van der Waals surface area contributed by atoms with E-state index in [0.717, 1.165) is 11.1 Å². The summed E-state index contributed by atoms with van der Waals surface area (Å²) in [5.74, 6) is -0.703. The van der Waals surface area contributed by atoms with E-state index in [4.69, 9.17) is 33.5 Å². The van der Waals surface area contributed by atoms with Crippen LogP contribution in [0.1, 0.15) is 32.4 Å². The SMILES string of the molecule is O=C(O)c1ccnc(Nc2cc(C(Cl)c3ccccc3/C=N/O)ccc2Cl)c1. The van der Waals surface area contributed by atoms with Gasteiger partial charge in [0.15, 0.2) is 0 Å². The normalized spacial score (nSPS) is 12.1. The number of halogens is 2. The Bertz CT molecular complexity index is 1040. The van der Waals surface area contributed by atoms with E-state index in [1.807, 2.05) is 18.2 Å². The third-order valence-electron chi connectivity index (χ3n) is 4.02. The zero-order valence-corrected chi connectivity index (χ0v) is 15.9. The number of aromatic nitrogens is 1. The minimum Gasteiger partial charge on any atom is -0.478 e. The molecule has 1 atom stereocenters. The number of alkyl halides is 1. The lowest BCUT2D eigenvalue weighted by molar-refractivity contribution is 0.0697. The fourth-order valence-corrected chi connectivity index (χ4v) is 3.17. The van der Waals surface area contributed by atoms with E-state index in [-0.39, 0.29) is 5.56 Å². The van der Waals surface area contributed by atoms with Crippen LogP contribution < -0.4 is 5.32 Å². The Morgan fingerprint density at radius 2 is 1.96 bits per heavy atom. The minimum atomic E-state index is -1.05. The summed E-state index contributed by atoms with van der Waals surface area (Å²) in [6.07, 6.45) is 2.72. The summed E-state index contributed by atoms with van der Waals surface area (Å²) in [4.78, 5) is 15.2. The number of pyridine rings is 1. The number of nitrogens with one attached hydrogen (secondary N) is 1. The molecule has 0 bridgehead atoms. The van der Waals surface area contributed by atoms with Crippen molar-refractivity contribution in [2.45, 2.75) is 5.38 Å². The number of hydrogen-bond donors (Lipinski definition) is 3. The van der Waals surface area contributed by atoms with Crippen molar-refractivity contribution in [3.8, 4) is 0 Å². The first-order valence-electron chi connectivity index (χ1n) is 8.16. The Morgan fingerprint density at radius 1 is 1.18 bits per heavy atom. The van der Waals surface area contributed by atoms with E-state index < -0.39 is 11.3 Å². The molecule has 1 heterocycles. The first-order valence-corrected chi connectivity index (χ1v) is 8.97. The summed E-state index contributed by atoms with van der Waals surface area (Å²) in [5.41, 5.74) is 2.85. The number of carbonyl (C=O) groups is 1. The van der Waals surface area contributed by atoms with Crippen LogP contribution in [0.25, 0.3) is 0 Å². The average molecular weight is 416 g/mol. The highest BCUT2D eigenvalue weighted by Gasteiger charge is 2.16. The van der Waals surface area contributed by atoms with Gasteiger partial charge in [0.1, 0.15) is 5.82 Å². The molecule has 6 nitrogen and oxygen atoms in total. The zero-order valence-electron chi connectivity index (χ0n) is 14.4. The number of benzene rings is 2. The summed E-state index contributed by atoms with van der Waals surface area (Å²) in [6.45, 7) is 0. The molecule has 2 aromatic carbocycles. The fourth-order valence-electron chi connectivity index (χ4n) is 2.67. The Kier molecular flexibility index (Phi) is 6.13. The van der Waals surface area contributed by atoms with Crippen molar-refractivity contribution in [3.05, 3.63) is 88.1 Å². The number of carboxylic acids is 1. The predicted octanol–water partition coefficient (Wildman–Crippen LogP) is 5.31. The summed E-state index contributed by atoms with van der Waals surface area (Å²) >= 11 is 12.9. The van der Waals surface area contributed by atoms with Gasteiger partial charge in [0.2, 0.25) is 0 Å². The largest absolute Gasteiger partial charge is 0.478 e. The molecule has 0 amide bonds. The molecule has 0 spiro atoms. The van der Waals surface area contributed by atoms with Crippen molar-refractivity contribution in [1.29, 1.82) is 0 Å². The van der Waals surface area contributed by atoms with Crippen molar-refractivity contribution in [2.75, 3.05) is 5.32 Å². The standard InChI is InChI=1S/C20H15Cl2N3O3/c21-16-6-5-12(19(22)15-4-2-1-3-14(15)11-24-28)9-17(16)25-18-10-13(20(26)27)7-8-23-18/h1-11,19,28H,(H,23,25)(H,26,27)/b24-11+. The number of aromatic carboxylic acids is 1. The number of carboxylic acid groups (broad SMARTS) is 1. The van der Waals surface area contributed by atoms with Crippen LogP contribution in [0.4, 0.5) is 11.5 Å². The van der Waals surface area contributed by atoms with Crippen molar-refractivity contribution in [3.63, 3.8) is 0 Å². The van der Waals surface area contributed by atoms with Crippen LogP contribution in [-0.2, 0) is 0 Å². The Hall–Kier alpha value is -3.09. The fraction of sp³-hybridized carbons (Fsp3) is 0.0500. The third-order valence-corrected chi connectivity index (χ3v) is 4.84. The first kappa shape index (κ1) is 19.7. The summed E-state index contributed by atoms with van der Waals surface area (Å²) in [5, 5.41) is 24.0. The maximum absolute atomic E-state index is 11.1. The van der Waals surface area contributed by atoms with Gasteiger partial charge in [0, 0.05) is 11.8 Å². The molecule has 0 radical (unpaired) electrons. The molecule has 1 aromatic heterocycles. The van der Waals surface area contributed by atoms with Crippen molar-refractivity contribution < 1.29 is 15.1 Å². The van der Waals surface area contributed by atoms with Gasteiger partial charge in [0.25, 0.3) is 0 Å². The van der Waals surface area contributed by atoms with Gasteiger partial charge in [-0.05, 0) is 35.4 Å². The van der Waals surface area contributed by atoms with Crippen LogP contribution in [0, 0.1) is 0 Å². The van der Waals surface area contributed by atoms with E-state index >= 15 is 0 Å². The molecule has 142 valence electrons. The van der Waals surface area contributed by atoms with Crippen molar-refractivity contribution in [2.24, 2.45) is 5.16 Å². The van der Waals surface area contributed by atoms with Gasteiger partial charge in [-0.3, -0.25) is 0 Å². The predicted molar refractivity (Wildman–Crippen MR) is 109 cm³/mol. The third kappa shape index (κ3) is 4.42. The average Bonchev–Trinajstić information content (AvgIpc) is 2.70. The second kappa shape index (κ2) is 8.73. The smallest absolute Gasteiger partial charge is 0.335 e. The van der Waals surface area contributed by atoms with Crippen LogP contribution in [0.2, 0.25) is 5.02 Å². The maximum atomic E-state index is 11.1. The van der Waals surface area contributed by atoms with Crippen LogP contribution in [0.15, 0.2) is 65.9 Å². The molecule has 1 unspecified atom stereocenters. The molecular weight excluding hydrogens is 401 g/mol. The van der Waals surface area contributed by atoms with E-state index in [0.29, 0.717) is 22.1 Å². The molecule has 0 aliphatic carbocycles. The molecule has 3 N–H and O–H groups in total. The Morgan fingerprint density at radius 3 is 2.71 bits per heavy atom. The van der Waals surface area contributed by atoms with Gasteiger partial charge in [-0.1, -0.05) is 47.1 Å². The molecule has 3 aromatic rings. The topological polar surface area (TPSA) is 94.8 Å². The second-order valence-electron chi connectivity index (χ2n) is 5.84.